The van der Waals surface area contributed by atoms with Gasteiger partial charge in [0.1, 0.15) is 11.2 Å². The molecule has 2 fully saturated rings. The Bertz CT molecular complexity index is 1370. The highest BCUT2D eigenvalue weighted by atomic mass is 16.6. The van der Waals surface area contributed by atoms with Gasteiger partial charge in [0.05, 0.1) is 26.3 Å². The molecule has 4 atom stereocenters. The molecule has 4 aliphatic heterocycles. The van der Waals surface area contributed by atoms with Crippen molar-refractivity contribution in [2.45, 2.75) is 173 Å². The lowest BCUT2D eigenvalue weighted by atomic mass is 9.94. The third-order valence-electron chi connectivity index (χ3n) is 9.39. The molecule has 4 aliphatic rings. The fourth-order valence-corrected chi connectivity index (χ4v) is 7.08. The van der Waals surface area contributed by atoms with E-state index in [1.807, 2.05) is 52.5 Å². The molecule has 51 heavy (non-hydrogen) atoms. The smallest absolute Gasteiger partial charge is 0.411 e. The van der Waals surface area contributed by atoms with Crippen molar-refractivity contribution in [1.82, 2.24) is 9.80 Å². The predicted octanol–water partition coefficient (Wildman–Crippen LogP) is 7.60. The number of Topliss-reactive ketones (excluding diaryl/α,β-unsaturated/α-hetero) is 1. The fraction of sp³-hybridized carbons (Fsp3) is 0.725. The van der Waals surface area contributed by atoms with Gasteiger partial charge in [0.25, 0.3) is 0 Å². The van der Waals surface area contributed by atoms with E-state index >= 15 is 0 Å². The zero-order chi connectivity index (χ0) is 37.8. The van der Waals surface area contributed by atoms with Crippen molar-refractivity contribution >= 4 is 29.9 Å². The van der Waals surface area contributed by atoms with Crippen molar-refractivity contribution in [1.29, 1.82) is 0 Å². The number of fused-ring (bicyclic) bond motifs is 4. The third kappa shape index (κ3) is 13.0. The zero-order valence-corrected chi connectivity index (χ0v) is 32.1. The second kappa shape index (κ2) is 19.1. The lowest BCUT2D eigenvalue weighted by Crippen LogP contribution is -2.45. The van der Waals surface area contributed by atoms with Gasteiger partial charge in [-0.2, -0.15) is 0 Å². The Kier molecular flexibility index (Phi) is 15.6. The van der Waals surface area contributed by atoms with E-state index in [9.17, 15) is 24.0 Å². The number of allylic oxidation sites excluding steroid dienone is 2. The van der Waals surface area contributed by atoms with Gasteiger partial charge in [0.15, 0.2) is 5.78 Å². The van der Waals surface area contributed by atoms with Crippen molar-refractivity contribution in [3.05, 3.63) is 23.3 Å². The van der Waals surface area contributed by atoms with E-state index in [-0.39, 0.29) is 54.1 Å². The number of ether oxygens (including phenoxy) is 4. The van der Waals surface area contributed by atoms with Crippen LogP contribution < -0.4 is 0 Å². The highest BCUT2D eigenvalue weighted by Crippen LogP contribution is 2.37. The molecule has 4 heterocycles. The van der Waals surface area contributed by atoms with Gasteiger partial charge < -0.3 is 18.9 Å². The summed E-state index contributed by atoms with van der Waals surface area (Å²) in [6.07, 6.45) is 14.6. The maximum atomic E-state index is 12.7. The van der Waals surface area contributed by atoms with Gasteiger partial charge in [-0.25, -0.2) is 9.59 Å². The summed E-state index contributed by atoms with van der Waals surface area (Å²) in [6, 6.07) is 0.242. The molecule has 11 nitrogen and oxygen atoms in total. The lowest BCUT2D eigenvalue weighted by Gasteiger charge is -2.32. The summed E-state index contributed by atoms with van der Waals surface area (Å²) < 4.78 is 20.4. The molecular formula is C40H60N2O9. The Balaban J connectivity index is 0.000000276. The number of ketones is 1. The molecule has 0 aromatic carbocycles. The molecule has 0 spiro atoms. The van der Waals surface area contributed by atoms with Gasteiger partial charge in [-0.1, -0.05) is 24.0 Å². The first-order valence-corrected chi connectivity index (χ1v) is 18.6. The summed E-state index contributed by atoms with van der Waals surface area (Å²) in [4.78, 5) is 64.0. The first-order chi connectivity index (χ1) is 24.0. The lowest BCUT2D eigenvalue weighted by molar-refractivity contribution is -0.141. The Morgan fingerprint density at radius 2 is 1.16 bits per heavy atom. The van der Waals surface area contributed by atoms with E-state index in [2.05, 4.69) is 27.4 Å². The fourth-order valence-electron chi connectivity index (χ4n) is 7.08. The molecule has 0 aromatic rings. The maximum Gasteiger partial charge on any atom is 0.411 e. The van der Waals surface area contributed by atoms with Gasteiger partial charge in [-0.3, -0.25) is 24.2 Å². The second-order valence-corrected chi connectivity index (χ2v) is 15.7. The summed E-state index contributed by atoms with van der Waals surface area (Å²) in [7, 11) is 2.76. The van der Waals surface area contributed by atoms with Crippen LogP contribution in [0.3, 0.4) is 0 Å². The molecule has 0 N–H and O–H groups in total. The Labute approximate surface area is 304 Å². The first kappa shape index (κ1) is 41.6. The van der Waals surface area contributed by atoms with Gasteiger partial charge in [-0.05, 0) is 112 Å². The van der Waals surface area contributed by atoms with E-state index in [1.54, 1.807) is 4.90 Å². The molecule has 0 saturated carbocycles. The standard InChI is InChI=1S/C20H31NO5.C20H29NO4/c1-20(2,3)26-19(24)21-14-8-7-9-15(16(21)13-12-14)17(22)10-5-6-11-18(23)25-4;1-20(2,3)25-19(23)21-16-11-8-10-15(17(21)14-13-16)9-6-5-7-12-18(22)24-4/h9,14,16H,5-8,10-13H2,1-4H3;10,16-17H,5,7-8,11-14H2,1-4H3/t14-,16?;16-,17?/m00/s1. The molecule has 11 heteroatoms. The van der Waals surface area contributed by atoms with Crippen molar-refractivity contribution in [3.63, 3.8) is 0 Å². The summed E-state index contributed by atoms with van der Waals surface area (Å²) >= 11 is 0. The van der Waals surface area contributed by atoms with Crippen molar-refractivity contribution < 1.29 is 42.9 Å². The summed E-state index contributed by atoms with van der Waals surface area (Å²) in [5.41, 5.74) is 0.717. The van der Waals surface area contributed by atoms with E-state index < -0.39 is 11.2 Å². The highest BCUT2D eigenvalue weighted by molar-refractivity contribution is 5.97. The average molecular weight is 713 g/mol. The summed E-state index contributed by atoms with van der Waals surface area (Å²) in [6.45, 7) is 11.2. The van der Waals surface area contributed by atoms with Gasteiger partial charge >= 0.3 is 24.1 Å². The van der Waals surface area contributed by atoms with E-state index in [1.165, 1.54) is 14.2 Å². The Hall–Kier alpha value is -3.81. The molecule has 0 aliphatic carbocycles. The van der Waals surface area contributed by atoms with Gasteiger partial charge in [-0.15, -0.1) is 0 Å². The molecule has 2 saturated heterocycles. The molecule has 0 radical (unpaired) electrons. The van der Waals surface area contributed by atoms with Crippen LogP contribution in [0.5, 0.6) is 0 Å². The van der Waals surface area contributed by atoms with Crippen LogP contribution in [-0.4, -0.2) is 89.3 Å². The number of hydrogen-bond acceptors (Lipinski definition) is 9. The molecular weight excluding hydrogens is 652 g/mol. The topological polar surface area (TPSA) is 129 Å². The number of carbonyl (C=O) groups excluding carboxylic acids is 5. The number of unbranched alkanes of at least 4 members (excludes halogenated alkanes) is 2. The van der Waals surface area contributed by atoms with Gasteiger partial charge in [0.2, 0.25) is 0 Å². The number of hydrogen-bond donors (Lipinski definition) is 0. The molecule has 4 bridgehead atoms. The minimum absolute atomic E-state index is 0.0236. The monoisotopic (exact) mass is 712 g/mol. The highest BCUT2D eigenvalue weighted by Gasteiger charge is 2.44. The largest absolute Gasteiger partial charge is 0.469 e. The average Bonchev–Trinajstić information content (AvgIpc) is 3.54. The zero-order valence-electron chi connectivity index (χ0n) is 32.1. The minimum Gasteiger partial charge on any atom is -0.469 e. The van der Waals surface area contributed by atoms with E-state index in [0.29, 0.717) is 44.9 Å². The summed E-state index contributed by atoms with van der Waals surface area (Å²) in [5.74, 6) is 6.01. The third-order valence-corrected chi connectivity index (χ3v) is 9.39. The van der Waals surface area contributed by atoms with Gasteiger partial charge in [0, 0.05) is 48.9 Å². The van der Waals surface area contributed by atoms with Crippen LogP contribution in [0.4, 0.5) is 9.59 Å². The summed E-state index contributed by atoms with van der Waals surface area (Å²) in [5, 5.41) is 0. The van der Waals surface area contributed by atoms with Crippen molar-refractivity contribution in [3.8, 4) is 11.8 Å². The Morgan fingerprint density at radius 1 is 0.667 bits per heavy atom. The second-order valence-electron chi connectivity index (χ2n) is 15.7. The number of methoxy groups -OCH3 is 2. The van der Waals surface area contributed by atoms with E-state index in [4.69, 9.17) is 9.47 Å². The molecule has 284 valence electrons. The van der Waals surface area contributed by atoms with Crippen LogP contribution in [-0.2, 0) is 33.3 Å². The van der Waals surface area contributed by atoms with Crippen LogP contribution in [0.25, 0.3) is 0 Å². The van der Waals surface area contributed by atoms with E-state index in [0.717, 1.165) is 62.5 Å². The normalized spacial score (nSPS) is 22.4. The maximum absolute atomic E-state index is 12.7. The van der Waals surface area contributed by atoms with Crippen LogP contribution >= 0.6 is 0 Å². The number of amides is 2. The van der Waals surface area contributed by atoms with Crippen LogP contribution in [0.1, 0.15) is 138 Å². The quantitative estimate of drug-likeness (QED) is 0.103. The number of rotatable bonds is 9. The number of nitrogens with zero attached hydrogens (tertiary/aromatic N) is 2. The molecule has 2 amide bonds. The van der Waals surface area contributed by atoms with Crippen LogP contribution in [0.15, 0.2) is 23.3 Å². The predicted molar refractivity (Wildman–Crippen MR) is 194 cm³/mol. The van der Waals surface area contributed by atoms with Crippen molar-refractivity contribution in [2.24, 2.45) is 0 Å². The van der Waals surface area contributed by atoms with Crippen molar-refractivity contribution in [2.75, 3.05) is 14.2 Å². The molecule has 0 aromatic heterocycles. The van der Waals surface area contributed by atoms with Crippen LogP contribution in [0, 0.1) is 11.8 Å². The minimum atomic E-state index is -0.551. The molecule has 4 rings (SSSR count). The first-order valence-electron chi connectivity index (χ1n) is 18.6. The molecule has 2 unspecified atom stereocenters. The number of esters is 2. The number of carbonyl (C=O) groups is 5. The Morgan fingerprint density at radius 3 is 1.71 bits per heavy atom. The van der Waals surface area contributed by atoms with Crippen LogP contribution in [0.2, 0.25) is 0 Å². The SMILES string of the molecule is COC(=O)CCCC#CC1=CCC[C@H]2CCC1N2C(=O)OC(C)(C)C.COC(=O)CCCCC(=O)C1=CCC[C@H]2CCC1N2C(=O)OC(C)(C)C.